The van der Waals surface area contributed by atoms with Crippen LogP contribution in [0.5, 0.6) is 0 Å². The second-order valence-corrected chi connectivity index (χ2v) is 7.49. The molecule has 1 aliphatic carbocycles. The normalized spacial score (nSPS) is 19.9. The molecule has 0 radical (unpaired) electrons. The van der Waals surface area contributed by atoms with Gasteiger partial charge in [-0.2, -0.15) is 0 Å². The van der Waals surface area contributed by atoms with Crippen LogP contribution in [-0.4, -0.2) is 31.7 Å². The van der Waals surface area contributed by atoms with Crippen LogP contribution in [0.15, 0.2) is 35.5 Å². The van der Waals surface area contributed by atoms with Crippen molar-refractivity contribution in [1.82, 2.24) is 10.6 Å². The first kappa shape index (κ1) is 20.9. The summed E-state index contributed by atoms with van der Waals surface area (Å²) in [5.74, 6) is -0.452. The van der Waals surface area contributed by atoms with E-state index < -0.39 is 18.0 Å². The lowest BCUT2D eigenvalue weighted by Gasteiger charge is -2.30. The minimum atomic E-state index is -0.635. The first-order valence-electron chi connectivity index (χ1n) is 10.2. The molecular formula is C22H28N2O5. The fraction of sp³-hybridized carbons (Fsp3) is 0.500. The van der Waals surface area contributed by atoms with Crippen molar-refractivity contribution in [2.24, 2.45) is 5.92 Å². The third kappa shape index (κ3) is 4.96. The van der Waals surface area contributed by atoms with Crippen LogP contribution in [0.2, 0.25) is 0 Å². The van der Waals surface area contributed by atoms with Gasteiger partial charge < -0.3 is 20.1 Å². The summed E-state index contributed by atoms with van der Waals surface area (Å²) in [6.07, 6.45) is 6.27. The van der Waals surface area contributed by atoms with Crippen LogP contribution in [0.1, 0.15) is 67.4 Å². The first-order valence-corrected chi connectivity index (χ1v) is 10.2. The fourth-order valence-corrected chi connectivity index (χ4v) is 3.94. The van der Waals surface area contributed by atoms with Gasteiger partial charge in [-0.15, -0.1) is 0 Å². The standard InChI is InChI=1S/C22H28N2O5/c1-3-17-18(21(26)29-13-14-7-5-4-6-8-14)19(24-22(27)23-17)15-9-11-16(12-10-15)20(25)28-2/h9-12,14,19H,3-8,13H2,1-2H3,(H2,23,24,27). The molecule has 0 bridgehead atoms. The average molecular weight is 400 g/mol. The fourth-order valence-electron chi connectivity index (χ4n) is 3.94. The molecule has 1 atom stereocenters. The smallest absolute Gasteiger partial charge is 0.338 e. The largest absolute Gasteiger partial charge is 0.465 e. The number of ether oxygens (including phenoxy) is 2. The molecule has 2 N–H and O–H groups in total. The summed E-state index contributed by atoms with van der Waals surface area (Å²) < 4.78 is 10.4. The Bertz CT molecular complexity index is 794. The molecule has 0 aromatic heterocycles. The Morgan fingerprint density at radius 2 is 1.76 bits per heavy atom. The Morgan fingerprint density at radius 1 is 1.07 bits per heavy atom. The molecule has 7 nitrogen and oxygen atoms in total. The maximum Gasteiger partial charge on any atom is 0.338 e. The van der Waals surface area contributed by atoms with Crippen molar-refractivity contribution in [1.29, 1.82) is 0 Å². The van der Waals surface area contributed by atoms with Crippen molar-refractivity contribution in [3.8, 4) is 0 Å². The number of nitrogens with one attached hydrogen (secondary N) is 2. The molecule has 0 spiro atoms. The number of allylic oxidation sites excluding steroid dienone is 1. The van der Waals surface area contributed by atoms with E-state index in [1.807, 2.05) is 6.92 Å². The van der Waals surface area contributed by atoms with Gasteiger partial charge in [-0.25, -0.2) is 14.4 Å². The topological polar surface area (TPSA) is 93.7 Å². The third-order valence-electron chi connectivity index (χ3n) is 5.57. The zero-order chi connectivity index (χ0) is 20.8. The average Bonchev–Trinajstić information content (AvgIpc) is 2.77. The van der Waals surface area contributed by atoms with Gasteiger partial charge in [0.2, 0.25) is 0 Å². The Labute approximate surface area is 170 Å². The van der Waals surface area contributed by atoms with Crippen molar-refractivity contribution in [3.63, 3.8) is 0 Å². The van der Waals surface area contributed by atoms with E-state index in [4.69, 9.17) is 9.47 Å². The van der Waals surface area contributed by atoms with E-state index in [0.717, 1.165) is 12.8 Å². The van der Waals surface area contributed by atoms with E-state index in [-0.39, 0.29) is 6.03 Å². The van der Waals surface area contributed by atoms with Crippen molar-refractivity contribution in [3.05, 3.63) is 46.7 Å². The molecule has 1 unspecified atom stereocenters. The van der Waals surface area contributed by atoms with Crippen molar-refractivity contribution >= 4 is 18.0 Å². The summed E-state index contributed by atoms with van der Waals surface area (Å²) in [5, 5.41) is 5.53. The molecule has 1 aromatic rings. The van der Waals surface area contributed by atoms with E-state index in [1.165, 1.54) is 26.4 Å². The van der Waals surface area contributed by atoms with Gasteiger partial charge in [0.1, 0.15) is 0 Å². The second-order valence-electron chi connectivity index (χ2n) is 7.49. The van der Waals surface area contributed by atoms with E-state index in [2.05, 4.69) is 10.6 Å². The second kappa shape index (κ2) is 9.58. The number of carbonyl (C=O) groups is 3. The summed E-state index contributed by atoms with van der Waals surface area (Å²) in [5.41, 5.74) is 2.07. The lowest BCUT2D eigenvalue weighted by Crippen LogP contribution is -2.46. The molecule has 1 fully saturated rings. The summed E-state index contributed by atoms with van der Waals surface area (Å²) in [4.78, 5) is 36.8. The molecule has 1 saturated carbocycles. The molecule has 1 heterocycles. The number of esters is 2. The van der Waals surface area contributed by atoms with Crippen LogP contribution in [0.25, 0.3) is 0 Å². The van der Waals surface area contributed by atoms with Crippen LogP contribution in [0, 0.1) is 5.92 Å². The van der Waals surface area contributed by atoms with Gasteiger partial charge in [-0.3, -0.25) is 0 Å². The molecule has 3 rings (SSSR count). The maximum absolute atomic E-state index is 13.0. The Balaban J connectivity index is 1.82. The zero-order valence-electron chi connectivity index (χ0n) is 17.0. The van der Waals surface area contributed by atoms with Crippen molar-refractivity contribution in [2.45, 2.75) is 51.5 Å². The quantitative estimate of drug-likeness (QED) is 0.712. The lowest BCUT2D eigenvalue weighted by molar-refractivity contribution is -0.141. The number of carbonyl (C=O) groups excluding carboxylic acids is 3. The monoisotopic (exact) mass is 400 g/mol. The van der Waals surface area contributed by atoms with Crippen LogP contribution >= 0.6 is 0 Å². The number of urea groups is 1. The minimum absolute atomic E-state index is 0.368. The summed E-state index contributed by atoms with van der Waals surface area (Å²) in [7, 11) is 1.32. The van der Waals surface area contributed by atoms with Crippen LogP contribution in [-0.2, 0) is 14.3 Å². The van der Waals surface area contributed by atoms with Crippen LogP contribution in [0.3, 0.4) is 0 Å². The summed E-state index contributed by atoms with van der Waals surface area (Å²) in [6, 6.07) is 5.66. The molecule has 1 aliphatic heterocycles. The highest BCUT2D eigenvalue weighted by atomic mass is 16.5. The Kier molecular flexibility index (Phi) is 6.90. The molecule has 7 heteroatoms. The molecule has 29 heavy (non-hydrogen) atoms. The highest BCUT2D eigenvalue weighted by Gasteiger charge is 2.33. The first-order chi connectivity index (χ1) is 14.0. The number of amides is 2. The van der Waals surface area contributed by atoms with Crippen molar-refractivity contribution < 1.29 is 23.9 Å². The molecule has 2 amide bonds. The van der Waals surface area contributed by atoms with Crippen molar-refractivity contribution in [2.75, 3.05) is 13.7 Å². The van der Waals surface area contributed by atoms with Gasteiger partial charge in [-0.05, 0) is 42.9 Å². The molecule has 1 aromatic carbocycles. The minimum Gasteiger partial charge on any atom is -0.465 e. The van der Waals surface area contributed by atoms with Gasteiger partial charge in [0.25, 0.3) is 0 Å². The van der Waals surface area contributed by atoms with E-state index in [0.29, 0.717) is 41.3 Å². The van der Waals surface area contributed by atoms with Crippen LogP contribution in [0.4, 0.5) is 4.79 Å². The summed E-state index contributed by atoms with van der Waals surface area (Å²) >= 11 is 0. The van der Waals surface area contributed by atoms with Gasteiger partial charge in [0.05, 0.1) is 30.9 Å². The predicted molar refractivity (Wildman–Crippen MR) is 107 cm³/mol. The van der Waals surface area contributed by atoms with Gasteiger partial charge in [0.15, 0.2) is 0 Å². The van der Waals surface area contributed by atoms with Gasteiger partial charge in [0, 0.05) is 5.70 Å². The van der Waals surface area contributed by atoms with Gasteiger partial charge in [-0.1, -0.05) is 38.3 Å². The van der Waals surface area contributed by atoms with E-state index in [1.54, 1.807) is 24.3 Å². The van der Waals surface area contributed by atoms with E-state index >= 15 is 0 Å². The van der Waals surface area contributed by atoms with Gasteiger partial charge >= 0.3 is 18.0 Å². The van der Waals surface area contributed by atoms with E-state index in [9.17, 15) is 14.4 Å². The molecule has 156 valence electrons. The SMILES string of the molecule is CCC1=C(C(=O)OCC2CCCCC2)C(c2ccc(C(=O)OC)cc2)NC(=O)N1. The number of rotatable bonds is 6. The highest BCUT2D eigenvalue weighted by Crippen LogP contribution is 2.30. The third-order valence-corrected chi connectivity index (χ3v) is 5.57. The maximum atomic E-state index is 13.0. The Morgan fingerprint density at radius 3 is 2.38 bits per heavy atom. The number of hydrogen-bond acceptors (Lipinski definition) is 5. The number of benzene rings is 1. The lowest BCUT2D eigenvalue weighted by atomic mass is 9.90. The highest BCUT2D eigenvalue weighted by molar-refractivity contribution is 5.95. The molecule has 0 saturated heterocycles. The summed E-state index contributed by atoms with van der Waals surface area (Å²) in [6.45, 7) is 2.29. The Hall–Kier alpha value is -2.83. The number of hydrogen-bond donors (Lipinski definition) is 2. The molecular weight excluding hydrogens is 372 g/mol. The number of methoxy groups -OCH3 is 1. The predicted octanol–water partition coefficient (Wildman–Crippen LogP) is 3.61. The zero-order valence-corrected chi connectivity index (χ0v) is 17.0. The van der Waals surface area contributed by atoms with Crippen LogP contribution < -0.4 is 10.6 Å². The molecule has 2 aliphatic rings.